The number of carbonyl (C=O) groups excluding carboxylic acids is 1. The van der Waals surface area contributed by atoms with Gasteiger partial charge in [0.05, 0.1) is 5.75 Å². The Morgan fingerprint density at radius 3 is 2.82 bits per heavy atom. The zero-order chi connectivity index (χ0) is 12.9. The van der Waals surface area contributed by atoms with Gasteiger partial charge in [0.15, 0.2) is 0 Å². The van der Waals surface area contributed by atoms with Crippen LogP contribution in [0.5, 0.6) is 0 Å². The van der Waals surface area contributed by atoms with Gasteiger partial charge >= 0.3 is 0 Å². The Labute approximate surface area is 99.5 Å². The van der Waals surface area contributed by atoms with Crippen molar-refractivity contribution in [3.8, 4) is 0 Å². The standard InChI is InChI=1S/C9H14N4O3S/c1-11-9(14)8-6-7(2-3-13-8)12-4-5-17(10,15)16/h2-3,6H,4-5H2,1H3,(H,11,14)(H,12,13)(H2,10,15,16). The molecule has 0 spiro atoms. The summed E-state index contributed by atoms with van der Waals surface area (Å²) in [6.45, 7) is 0.177. The van der Waals surface area contributed by atoms with E-state index < -0.39 is 10.0 Å². The van der Waals surface area contributed by atoms with Crippen LogP contribution in [0.4, 0.5) is 5.69 Å². The minimum Gasteiger partial charge on any atom is -0.384 e. The number of rotatable bonds is 5. The van der Waals surface area contributed by atoms with Crippen LogP contribution < -0.4 is 15.8 Å². The molecule has 0 aliphatic carbocycles. The van der Waals surface area contributed by atoms with Gasteiger partial charge in [0.1, 0.15) is 5.69 Å². The summed E-state index contributed by atoms with van der Waals surface area (Å²) in [6.07, 6.45) is 1.46. The van der Waals surface area contributed by atoms with Crippen molar-refractivity contribution in [1.29, 1.82) is 0 Å². The van der Waals surface area contributed by atoms with Crippen LogP contribution in [0.15, 0.2) is 18.3 Å². The number of nitrogens with zero attached hydrogens (tertiary/aromatic N) is 1. The number of nitrogens with one attached hydrogen (secondary N) is 2. The van der Waals surface area contributed by atoms with Crippen molar-refractivity contribution in [2.75, 3.05) is 24.7 Å². The topological polar surface area (TPSA) is 114 Å². The molecule has 1 aromatic rings. The fourth-order valence-electron chi connectivity index (χ4n) is 1.13. The molecule has 0 aliphatic heterocycles. The molecule has 7 nitrogen and oxygen atoms in total. The molecule has 1 amide bonds. The van der Waals surface area contributed by atoms with Crippen molar-refractivity contribution in [2.24, 2.45) is 5.14 Å². The quantitative estimate of drug-likeness (QED) is 0.636. The lowest BCUT2D eigenvalue weighted by molar-refractivity contribution is 0.0958. The zero-order valence-electron chi connectivity index (χ0n) is 9.30. The van der Waals surface area contributed by atoms with Gasteiger partial charge in [-0.2, -0.15) is 0 Å². The maximum Gasteiger partial charge on any atom is 0.269 e. The van der Waals surface area contributed by atoms with Gasteiger partial charge in [-0.15, -0.1) is 0 Å². The number of pyridine rings is 1. The average molecular weight is 258 g/mol. The summed E-state index contributed by atoms with van der Waals surface area (Å²) in [5, 5.41) is 10.1. The molecule has 0 aliphatic rings. The smallest absolute Gasteiger partial charge is 0.269 e. The minimum atomic E-state index is -3.48. The highest BCUT2D eigenvalue weighted by molar-refractivity contribution is 7.89. The molecule has 0 radical (unpaired) electrons. The Balaban J connectivity index is 2.63. The van der Waals surface area contributed by atoms with Crippen LogP contribution in [0.2, 0.25) is 0 Å². The highest BCUT2D eigenvalue weighted by atomic mass is 32.2. The third-order valence-electron chi connectivity index (χ3n) is 1.94. The van der Waals surface area contributed by atoms with E-state index in [-0.39, 0.29) is 23.9 Å². The fourth-order valence-corrected chi connectivity index (χ4v) is 1.52. The van der Waals surface area contributed by atoms with Crippen molar-refractivity contribution in [1.82, 2.24) is 10.3 Å². The van der Waals surface area contributed by atoms with E-state index in [0.29, 0.717) is 5.69 Å². The van der Waals surface area contributed by atoms with Crippen molar-refractivity contribution >= 4 is 21.6 Å². The summed E-state index contributed by atoms with van der Waals surface area (Å²) in [5.74, 6) is -0.481. The lowest BCUT2D eigenvalue weighted by Gasteiger charge is -2.06. The first-order valence-corrected chi connectivity index (χ1v) is 6.56. The fraction of sp³-hybridized carbons (Fsp3) is 0.333. The normalized spacial score (nSPS) is 10.9. The van der Waals surface area contributed by atoms with Gasteiger partial charge in [-0.1, -0.05) is 0 Å². The first-order valence-electron chi connectivity index (χ1n) is 4.85. The molecule has 0 bridgehead atoms. The van der Waals surface area contributed by atoms with Gasteiger partial charge in [0.25, 0.3) is 5.91 Å². The van der Waals surface area contributed by atoms with Crippen LogP contribution in [0.25, 0.3) is 0 Å². The van der Waals surface area contributed by atoms with Crippen molar-refractivity contribution < 1.29 is 13.2 Å². The average Bonchev–Trinajstić information content (AvgIpc) is 2.27. The summed E-state index contributed by atoms with van der Waals surface area (Å²) in [6, 6.07) is 3.16. The maximum absolute atomic E-state index is 11.3. The van der Waals surface area contributed by atoms with Gasteiger partial charge in [-0.05, 0) is 12.1 Å². The van der Waals surface area contributed by atoms with Crippen LogP contribution >= 0.6 is 0 Å². The van der Waals surface area contributed by atoms with Crippen LogP contribution in [0, 0.1) is 0 Å². The van der Waals surface area contributed by atoms with E-state index >= 15 is 0 Å². The van der Waals surface area contributed by atoms with Gasteiger partial charge in [0, 0.05) is 25.5 Å². The zero-order valence-corrected chi connectivity index (χ0v) is 10.1. The van der Waals surface area contributed by atoms with Gasteiger partial charge in [-0.25, -0.2) is 13.6 Å². The lowest BCUT2D eigenvalue weighted by Crippen LogP contribution is -2.23. The van der Waals surface area contributed by atoms with Gasteiger partial charge < -0.3 is 10.6 Å². The first-order chi connectivity index (χ1) is 7.92. The highest BCUT2D eigenvalue weighted by Gasteiger charge is 2.06. The van der Waals surface area contributed by atoms with E-state index in [4.69, 9.17) is 5.14 Å². The lowest BCUT2D eigenvalue weighted by atomic mass is 10.3. The van der Waals surface area contributed by atoms with Crippen LogP contribution in [0.3, 0.4) is 0 Å². The van der Waals surface area contributed by atoms with E-state index in [9.17, 15) is 13.2 Å². The minimum absolute atomic E-state index is 0.176. The third kappa shape index (κ3) is 4.79. The van der Waals surface area contributed by atoms with E-state index in [1.54, 1.807) is 6.07 Å². The molecule has 0 saturated heterocycles. The molecular weight excluding hydrogens is 244 g/mol. The number of nitrogens with two attached hydrogens (primary N) is 1. The second-order valence-corrected chi connectivity index (χ2v) is 5.04. The van der Waals surface area contributed by atoms with Crippen LogP contribution in [0.1, 0.15) is 10.5 Å². The van der Waals surface area contributed by atoms with E-state index in [0.717, 1.165) is 0 Å². The molecular formula is C9H14N4O3S. The van der Waals surface area contributed by atoms with E-state index in [1.165, 1.54) is 19.3 Å². The van der Waals surface area contributed by atoms with Gasteiger partial charge in [-0.3, -0.25) is 9.78 Å². The molecule has 17 heavy (non-hydrogen) atoms. The predicted molar refractivity (Wildman–Crippen MR) is 64.1 cm³/mol. The summed E-state index contributed by atoms with van der Waals surface area (Å²) in [4.78, 5) is 15.2. The molecule has 94 valence electrons. The number of anilines is 1. The predicted octanol–water partition coefficient (Wildman–Crippen LogP) is -0.858. The van der Waals surface area contributed by atoms with Crippen molar-refractivity contribution in [3.63, 3.8) is 0 Å². The number of hydrogen-bond donors (Lipinski definition) is 3. The molecule has 0 aromatic carbocycles. The maximum atomic E-state index is 11.3. The summed E-state index contributed by atoms with van der Waals surface area (Å²) in [5.41, 5.74) is 0.871. The number of hydrogen-bond acceptors (Lipinski definition) is 5. The summed E-state index contributed by atoms with van der Waals surface area (Å²) < 4.78 is 21.4. The molecule has 8 heteroatoms. The molecule has 1 rings (SSSR count). The number of primary sulfonamides is 1. The van der Waals surface area contributed by atoms with Gasteiger partial charge in [0.2, 0.25) is 10.0 Å². The largest absolute Gasteiger partial charge is 0.384 e. The van der Waals surface area contributed by atoms with E-state index in [2.05, 4.69) is 15.6 Å². The van der Waals surface area contributed by atoms with Crippen LogP contribution in [-0.4, -0.2) is 38.7 Å². The number of carbonyl (C=O) groups is 1. The highest BCUT2D eigenvalue weighted by Crippen LogP contribution is 2.07. The number of amides is 1. The molecule has 4 N–H and O–H groups in total. The molecule has 1 heterocycles. The van der Waals surface area contributed by atoms with E-state index in [1.807, 2.05) is 0 Å². The monoisotopic (exact) mass is 258 g/mol. The number of aromatic nitrogens is 1. The molecule has 0 fully saturated rings. The number of sulfonamides is 1. The summed E-state index contributed by atoms with van der Waals surface area (Å²) >= 11 is 0. The Bertz CT molecular complexity index is 501. The van der Waals surface area contributed by atoms with Crippen molar-refractivity contribution in [2.45, 2.75) is 0 Å². The Kier molecular flexibility index (Phi) is 4.41. The Morgan fingerprint density at radius 1 is 1.53 bits per heavy atom. The van der Waals surface area contributed by atoms with Crippen LogP contribution in [-0.2, 0) is 10.0 Å². The Morgan fingerprint density at radius 2 is 2.24 bits per heavy atom. The third-order valence-corrected chi connectivity index (χ3v) is 2.71. The SMILES string of the molecule is CNC(=O)c1cc(NCCS(N)(=O)=O)ccn1. The molecule has 0 atom stereocenters. The second-order valence-electron chi connectivity index (χ2n) is 3.30. The molecule has 0 unspecified atom stereocenters. The Hall–Kier alpha value is -1.67. The molecule has 0 saturated carbocycles. The second kappa shape index (κ2) is 5.60. The summed E-state index contributed by atoms with van der Waals surface area (Å²) in [7, 11) is -1.98. The van der Waals surface area contributed by atoms with Crippen molar-refractivity contribution in [3.05, 3.63) is 24.0 Å². The molecule has 1 aromatic heterocycles. The first kappa shape index (κ1) is 13.4.